The van der Waals surface area contributed by atoms with E-state index in [9.17, 15) is 10.1 Å². The lowest BCUT2D eigenvalue weighted by Gasteiger charge is -2.12. The molecule has 0 fully saturated rings. The molecule has 1 aromatic carbocycles. The molecule has 1 aromatic rings. The number of benzene rings is 1. The molecule has 0 atom stereocenters. The average molecular weight is 265 g/mol. The molecular weight excluding hydrogens is 250 g/mol. The number of aliphatic imine (C=N–C) groups is 1. The molecule has 0 aromatic heterocycles. The van der Waals surface area contributed by atoms with Crippen LogP contribution in [0.2, 0.25) is 0 Å². The summed E-state index contributed by atoms with van der Waals surface area (Å²) in [4.78, 5) is 14.9. The minimum Gasteiger partial charge on any atom is -0.490 e. The van der Waals surface area contributed by atoms with Crippen LogP contribution in [0.5, 0.6) is 11.5 Å². The molecular formula is C12H15N3O4. The van der Waals surface area contributed by atoms with E-state index < -0.39 is 4.92 Å². The van der Waals surface area contributed by atoms with Crippen molar-refractivity contribution in [3.8, 4) is 11.5 Å². The fourth-order valence-electron chi connectivity index (χ4n) is 1.92. The lowest BCUT2D eigenvalue weighted by Crippen LogP contribution is -2.19. The van der Waals surface area contributed by atoms with Crippen molar-refractivity contribution < 1.29 is 14.4 Å². The Hall–Kier alpha value is -2.31. The van der Waals surface area contributed by atoms with Gasteiger partial charge in [-0.1, -0.05) is 0 Å². The van der Waals surface area contributed by atoms with Crippen LogP contribution in [-0.2, 0) is 0 Å². The van der Waals surface area contributed by atoms with Crippen LogP contribution >= 0.6 is 0 Å². The van der Waals surface area contributed by atoms with Gasteiger partial charge < -0.3 is 14.8 Å². The molecule has 1 aliphatic heterocycles. The number of amidine groups is 1. The molecule has 0 bridgehead atoms. The molecule has 1 heterocycles. The zero-order valence-corrected chi connectivity index (χ0v) is 10.8. The van der Waals surface area contributed by atoms with Crippen molar-refractivity contribution in [3.63, 3.8) is 0 Å². The van der Waals surface area contributed by atoms with Crippen LogP contribution in [0.1, 0.15) is 12.5 Å². The van der Waals surface area contributed by atoms with Gasteiger partial charge in [-0.25, -0.2) is 0 Å². The molecule has 0 saturated carbocycles. The molecule has 0 radical (unpaired) electrons. The van der Waals surface area contributed by atoms with Gasteiger partial charge in [0.2, 0.25) is 5.75 Å². The van der Waals surface area contributed by atoms with Crippen molar-refractivity contribution in [1.82, 2.24) is 5.32 Å². The minimum absolute atomic E-state index is 0.125. The van der Waals surface area contributed by atoms with Crippen LogP contribution in [0.25, 0.3) is 0 Å². The molecule has 0 unspecified atom stereocenters. The summed E-state index contributed by atoms with van der Waals surface area (Å²) >= 11 is 0. The first-order valence-electron chi connectivity index (χ1n) is 5.95. The molecule has 0 amide bonds. The maximum absolute atomic E-state index is 11.1. The molecule has 7 heteroatoms. The van der Waals surface area contributed by atoms with Gasteiger partial charge in [-0.3, -0.25) is 15.1 Å². The molecule has 1 N–H and O–H groups in total. The van der Waals surface area contributed by atoms with Crippen molar-refractivity contribution in [2.75, 3.05) is 26.8 Å². The maximum atomic E-state index is 11.1. The summed E-state index contributed by atoms with van der Waals surface area (Å²) in [6, 6.07) is 3.14. The fraction of sp³-hybridized carbons (Fsp3) is 0.417. The van der Waals surface area contributed by atoms with Crippen molar-refractivity contribution >= 4 is 11.5 Å². The highest BCUT2D eigenvalue weighted by atomic mass is 16.6. The van der Waals surface area contributed by atoms with Gasteiger partial charge in [-0.2, -0.15) is 0 Å². The van der Waals surface area contributed by atoms with Crippen LogP contribution in [0.3, 0.4) is 0 Å². The van der Waals surface area contributed by atoms with Crippen LogP contribution in [-0.4, -0.2) is 37.6 Å². The average Bonchev–Trinajstić information content (AvgIpc) is 2.92. The second-order valence-electron chi connectivity index (χ2n) is 3.87. The number of rotatable bonds is 5. The molecule has 102 valence electrons. The van der Waals surface area contributed by atoms with E-state index in [1.807, 2.05) is 6.92 Å². The Morgan fingerprint density at radius 3 is 2.84 bits per heavy atom. The van der Waals surface area contributed by atoms with Crippen molar-refractivity contribution in [1.29, 1.82) is 0 Å². The van der Waals surface area contributed by atoms with E-state index in [1.54, 1.807) is 6.07 Å². The Labute approximate surface area is 110 Å². The predicted octanol–water partition coefficient (Wildman–Crippen LogP) is 1.35. The number of ether oxygens (including phenoxy) is 2. The zero-order valence-electron chi connectivity index (χ0n) is 10.8. The van der Waals surface area contributed by atoms with E-state index >= 15 is 0 Å². The molecule has 1 aliphatic rings. The summed E-state index contributed by atoms with van der Waals surface area (Å²) in [5, 5.41) is 14.2. The van der Waals surface area contributed by atoms with E-state index in [4.69, 9.17) is 9.47 Å². The van der Waals surface area contributed by atoms with E-state index in [1.165, 1.54) is 13.2 Å². The highest BCUT2D eigenvalue weighted by molar-refractivity contribution is 6.01. The lowest BCUT2D eigenvalue weighted by atomic mass is 10.1. The second-order valence-corrected chi connectivity index (χ2v) is 3.87. The third-order valence-corrected chi connectivity index (χ3v) is 2.68. The number of nitrogens with zero attached hydrogens (tertiary/aromatic N) is 2. The number of nitro groups is 1. The maximum Gasteiger partial charge on any atom is 0.315 e. The van der Waals surface area contributed by atoms with Crippen molar-refractivity contribution in [3.05, 3.63) is 27.8 Å². The monoisotopic (exact) mass is 265 g/mol. The van der Waals surface area contributed by atoms with Gasteiger partial charge in [-0.15, -0.1) is 0 Å². The first kappa shape index (κ1) is 13.1. The summed E-state index contributed by atoms with van der Waals surface area (Å²) in [6.07, 6.45) is 0. The Bertz CT molecular complexity index is 528. The fourth-order valence-corrected chi connectivity index (χ4v) is 1.92. The molecule has 0 aliphatic carbocycles. The van der Waals surface area contributed by atoms with Gasteiger partial charge in [0.25, 0.3) is 0 Å². The van der Waals surface area contributed by atoms with Crippen LogP contribution in [0, 0.1) is 10.1 Å². The molecule has 2 rings (SSSR count). The highest BCUT2D eigenvalue weighted by Gasteiger charge is 2.24. The third kappa shape index (κ3) is 2.59. The minimum atomic E-state index is -0.486. The summed E-state index contributed by atoms with van der Waals surface area (Å²) in [7, 11) is 1.38. The summed E-state index contributed by atoms with van der Waals surface area (Å²) in [6.45, 7) is 3.61. The topological polar surface area (TPSA) is 86.0 Å². The zero-order chi connectivity index (χ0) is 13.8. The summed E-state index contributed by atoms with van der Waals surface area (Å²) in [5.41, 5.74) is 0.508. The van der Waals surface area contributed by atoms with Crippen LogP contribution in [0.4, 0.5) is 5.69 Å². The van der Waals surface area contributed by atoms with Crippen molar-refractivity contribution in [2.45, 2.75) is 6.92 Å². The molecule has 0 saturated heterocycles. The van der Waals surface area contributed by atoms with E-state index in [-0.39, 0.29) is 11.4 Å². The Balaban J connectivity index is 2.54. The number of methoxy groups -OCH3 is 1. The van der Waals surface area contributed by atoms with Gasteiger partial charge in [0, 0.05) is 18.2 Å². The Morgan fingerprint density at radius 1 is 1.53 bits per heavy atom. The summed E-state index contributed by atoms with van der Waals surface area (Å²) in [5.74, 6) is 1.13. The number of hydrogen-bond acceptors (Lipinski definition) is 6. The highest BCUT2D eigenvalue weighted by Crippen LogP contribution is 2.38. The lowest BCUT2D eigenvalue weighted by molar-refractivity contribution is -0.385. The van der Waals surface area contributed by atoms with Crippen molar-refractivity contribution in [2.24, 2.45) is 4.99 Å². The van der Waals surface area contributed by atoms with Gasteiger partial charge in [-0.05, 0) is 13.0 Å². The van der Waals surface area contributed by atoms with E-state index in [0.29, 0.717) is 30.3 Å². The second kappa shape index (κ2) is 5.55. The molecule has 19 heavy (non-hydrogen) atoms. The SMILES string of the molecule is CCOc1cc(C2=NCCN2)cc([N+](=O)[O-])c1OC. The first-order valence-corrected chi connectivity index (χ1v) is 5.95. The van der Waals surface area contributed by atoms with Gasteiger partial charge in [0.05, 0.1) is 25.2 Å². The number of hydrogen-bond donors (Lipinski definition) is 1. The normalized spacial score (nSPS) is 13.7. The van der Waals surface area contributed by atoms with E-state index in [2.05, 4.69) is 10.3 Å². The van der Waals surface area contributed by atoms with Crippen LogP contribution < -0.4 is 14.8 Å². The predicted molar refractivity (Wildman–Crippen MR) is 70.2 cm³/mol. The Morgan fingerprint density at radius 2 is 2.32 bits per heavy atom. The third-order valence-electron chi connectivity index (χ3n) is 2.68. The standard InChI is InChI=1S/C12H15N3O4/c1-3-19-10-7-8(12-13-4-5-14-12)6-9(15(16)17)11(10)18-2/h6-7H,3-5H2,1-2H3,(H,13,14). The number of nitrogens with one attached hydrogen (secondary N) is 1. The quantitative estimate of drug-likeness (QED) is 0.641. The Kier molecular flexibility index (Phi) is 3.84. The van der Waals surface area contributed by atoms with Gasteiger partial charge in [0.15, 0.2) is 5.75 Å². The summed E-state index contributed by atoms with van der Waals surface area (Å²) < 4.78 is 10.5. The van der Waals surface area contributed by atoms with Gasteiger partial charge in [0.1, 0.15) is 5.84 Å². The molecule has 7 nitrogen and oxygen atoms in total. The first-order chi connectivity index (χ1) is 9.17. The number of nitro benzene ring substituents is 1. The van der Waals surface area contributed by atoms with Gasteiger partial charge >= 0.3 is 5.69 Å². The van der Waals surface area contributed by atoms with E-state index in [0.717, 1.165) is 6.54 Å². The van der Waals surface area contributed by atoms with Crippen LogP contribution in [0.15, 0.2) is 17.1 Å². The largest absolute Gasteiger partial charge is 0.490 e. The smallest absolute Gasteiger partial charge is 0.315 e. The molecule has 0 spiro atoms.